The highest BCUT2D eigenvalue weighted by Crippen LogP contribution is 2.29. The summed E-state index contributed by atoms with van der Waals surface area (Å²) in [7, 11) is 0. The summed E-state index contributed by atoms with van der Waals surface area (Å²) in [4.78, 5) is 31.7. The molecule has 2 aromatic carbocycles. The number of halogens is 1. The number of nitrogens with zero attached hydrogens (tertiary/aromatic N) is 3. The number of benzene rings is 2. The fourth-order valence-electron chi connectivity index (χ4n) is 4.71. The third-order valence-corrected chi connectivity index (χ3v) is 6.23. The van der Waals surface area contributed by atoms with Crippen molar-refractivity contribution in [1.29, 1.82) is 0 Å². The average Bonchev–Trinajstić information content (AvgIpc) is 2.77. The molecule has 2 heterocycles. The highest BCUT2D eigenvalue weighted by molar-refractivity contribution is 5.94. The summed E-state index contributed by atoms with van der Waals surface area (Å²) < 4.78 is 14.1. The first-order valence-electron chi connectivity index (χ1n) is 10.7. The van der Waals surface area contributed by atoms with E-state index in [9.17, 15) is 14.0 Å². The van der Waals surface area contributed by atoms with Crippen molar-refractivity contribution in [3.05, 3.63) is 71.5 Å². The van der Waals surface area contributed by atoms with Crippen LogP contribution in [0, 0.1) is 5.82 Å². The average molecular weight is 425 g/mol. The molecule has 0 radical (unpaired) electrons. The van der Waals surface area contributed by atoms with Crippen LogP contribution in [0.4, 0.5) is 9.18 Å². The van der Waals surface area contributed by atoms with Gasteiger partial charge in [-0.2, -0.15) is 0 Å². The predicted molar refractivity (Wildman–Crippen MR) is 117 cm³/mol. The Balaban J connectivity index is 1.43. The molecule has 2 aliphatic heterocycles. The van der Waals surface area contributed by atoms with Gasteiger partial charge in [-0.3, -0.25) is 9.69 Å². The lowest BCUT2D eigenvalue weighted by molar-refractivity contribution is -0.0468. The largest absolute Gasteiger partial charge is 0.336 e. The lowest BCUT2D eigenvalue weighted by Crippen LogP contribution is -2.71. The zero-order chi connectivity index (χ0) is 22.0. The van der Waals surface area contributed by atoms with E-state index in [1.165, 1.54) is 12.1 Å². The smallest absolute Gasteiger partial charge is 0.317 e. The molecular weight excluding hydrogens is 395 g/mol. The number of nitrogens with one attached hydrogen (secondary N) is 1. The summed E-state index contributed by atoms with van der Waals surface area (Å²) >= 11 is 0. The molecule has 2 aromatic rings. The Morgan fingerprint density at radius 1 is 1.00 bits per heavy atom. The van der Waals surface area contributed by atoms with Gasteiger partial charge in [-0.15, -0.1) is 0 Å². The van der Waals surface area contributed by atoms with Gasteiger partial charge in [-0.05, 0) is 31.5 Å². The van der Waals surface area contributed by atoms with E-state index in [2.05, 4.69) is 24.1 Å². The monoisotopic (exact) mass is 424 g/mol. The van der Waals surface area contributed by atoms with Gasteiger partial charge in [0.15, 0.2) is 0 Å². The van der Waals surface area contributed by atoms with Crippen molar-refractivity contribution in [2.24, 2.45) is 0 Å². The summed E-state index contributed by atoms with van der Waals surface area (Å²) in [6.07, 6.45) is 0. The highest BCUT2D eigenvalue weighted by Gasteiger charge is 2.44. The fraction of sp³-hybridized carbons (Fsp3) is 0.417. The first kappa shape index (κ1) is 21.3. The molecule has 0 spiro atoms. The van der Waals surface area contributed by atoms with Crippen LogP contribution in [0.3, 0.4) is 0 Å². The molecule has 1 unspecified atom stereocenters. The van der Waals surface area contributed by atoms with Crippen LogP contribution in [0.2, 0.25) is 0 Å². The van der Waals surface area contributed by atoms with Crippen molar-refractivity contribution in [3.8, 4) is 0 Å². The number of urea groups is 1. The van der Waals surface area contributed by atoms with E-state index in [4.69, 9.17) is 0 Å². The molecule has 0 aromatic heterocycles. The number of carbonyl (C=O) groups excluding carboxylic acids is 2. The number of carbonyl (C=O) groups is 2. The topological polar surface area (TPSA) is 55.9 Å². The maximum absolute atomic E-state index is 14.1. The van der Waals surface area contributed by atoms with Crippen molar-refractivity contribution in [2.75, 3.05) is 32.7 Å². The normalized spacial score (nSPS) is 20.8. The Morgan fingerprint density at radius 3 is 2.42 bits per heavy atom. The molecule has 164 valence electrons. The van der Waals surface area contributed by atoms with Gasteiger partial charge in [0, 0.05) is 50.8 Å². The van der Waals surface area contributed by atoms with Crippen molar-refractivity contribution in [2.45, 2.75) is 32.0 Å². The van der Waals surface area contributed by atoms with Crippen LogP contribution in [0.5, 0.6) is 0 Å². The Bertz CT molecular complexity index is 950. The summed E-state index contributed by atoms with van der Waals surface area (Å²) in [5, 5.41) is 3.01. The van der Waals surface area contributed by atoms with Crippen LogP contribution in [0.1, 0.15) is 29.8 Å². The van der Waals surface area contributed by atoms with Gasteiger partial charge in [0.2, 0.25) is 0 Å². The molecule has 0 bridgehead atoms. The van der Waals surface area contributed by atoms with E-state index in [0.29, 0.717) is 39.3 Å². The van der Waals surface area contributed by atoms with Gasteiger partial charge in [-0.1, -0.05) is 42.5 Å². The molecule has 31 heavy (non-hydrogen) atoms. The molecule has 4 rings (SSSR count). The molecule has 3 amide bonds. The van der Waals surface area contributed by atoms with Gasteiger partial charge in [0.25, 0.3) is 5.91 Å². The SMILES string of the molecule is CC1(C)CN(C(=O)NCc2ccccc2)CC2CN(C(=O)c3ccccc3F)CCN21. The zero-order valence-electron chi connectivity index (χ0n) is 18.1. The van der Waals surface area contributed by atoms with Gasteiger partial charge >= 0.3 is 6.03 Å². The van der Waals surface area contributed by atoms with Crippen LogP contribution < -0.4 is 5.32 Å². The third-order valence-electron chi connectivity index (χ3n) is 6.23. The second-order valence-corrected chi connectivity index (χ2v) is 8.92. The third kappa shape index (κ3) is 4.56. The van der Waals surface area contributed by atoms with Crippen molar-refractivity contribution >= 4 is 11.9 Å². The van der Waals surface area contributed by atoms with Crippen LogP contribution in [0.25, 0.3) is 0 Å². The van der Waals surface area contributed by atoms with E-state index in [0.717, 1.165) is 5.56 Å². The van der Waals surface area contributed by atoms with Crippen LogP contribution in [-0.2, 0) is 6.54 Å². The lowest BCUT2D eigenvalue weighted by Gasteiger charge is -2.55. The summed E-state index contributed by atoms with van der Waals surface area (Å²) in [5.41, 5.74) is 0.941. The Kier molecular flexibility index (Phi) is 5.96. The molecule has 0 aliphatic carbocycles. The molecule has 1 atom stereocenters. The maximum atomic E-state index is 14.1. The molecule has 6 nitrogen and oxygen atoms in total. The van der Waals surface area contributed by atoms with Crippen LogP contribution in [-0.4, -0.2) is 70.9 Å². The van der Waals surface area contributed by atoms with Crippen molar-refractivity contribution < 1.29 is 14.0 Å². The zero-order valence-corrected chi connectivity index (χ0v) is 18.1. The Hall–Kier alpha value is -2.93. The molecule has 2 saturated heterocycles. The molecule has 1 N–H and O–H groups in total. The second kappa shape index (κ2) is 8.67. The van der Waals surface area contributed by atoms with Gasteiger partial charge < -0.3 is 15.1 Å². The fourth-order valence-corrected chi connectivity index (χ4v) is 4.71. The van der Waals surface area contributed by atoms with E-state index in [1.807, 2.05) is 35.2 Å². The van der Waals surface area contributed by atoms with Crippen LogP contribution in [0.15, 0.2) is 54.6 Å². The molecule has 7 heteroatoms. The van der Waals surface area contributed by atoms with E-state index >= 15 is 0 Å². The minimum atomic E-state index is -0.499. The van der Waals surface area contributed by atoms with Gasteiger partial charge in [0.1, 0.15) is 5.82 Å². The number of amides is 3. The van der Waals surface area contributed by atoms with Crippen molar-refractivity contribution in [1.82, 2.24) is 20.0 Å². The quantitative estimate of drug-likeness (QED) is 0.824. The number of fused-ring (bicyclic) bond motifs is 1. The second-order valence-electron chi connectivity index (χ2n) is 8.92. The summed E-state index contributed by atoms with van der Waals surface area (Å²) in [6, 6.07) is 15.8. The van der Waals surface area contributed by atoms with E-state index in [-0.39, 0.29) is 29.1 Å². The Labute approximate surface area is 182 Å². The van der Waals surface area contributed by atoms with Crippen molar-refractivity contribution in [3.63, 3.8) is 0 Å². The van der Waals surface area contributed by atoms with E-state index in [1.54, 1.807) is 17.0 Å². The summed E-state index contributed by atoms with van der Waals surface area (Å²) in [5.74, 6) is -0.790. The number of hydrogen-bond donors (Lipinski definition) is 1. The summed E-state index contributed by atoms with van der Waals surface area (Å²) in [6.45, 7) is 7.61. The van der Waals surface area contributed by atoms with Gasteiger partial charge in [-0.25, -0.2) is 9.18 Å². The maximum Gasteiger partial charge on any atom is 0.317 e. The minimum Gasteiger partial charge on any atom is -0.336 e. The van der Waals surface area contributed by atoms with E-state index < -0.39 is 5.82 Å². The lowest BCUT2D eigenvalue weighted by atomic mass is 9.92. The Morgan fingerprint density at radius 2 is 1.68 bits per heavy atom. The molecule has 0 saturated carbocycles. The predicted octanol–water partition coefficient (Wildman–Crippen LogP) is 2.96. The van der Waals surface area contributed by atoms with Gasteiger partial charge in [0.05, 0.1) is 5.56 Å². The number of hydrogen-bond acceptors (Lipinski definition) is 3. The molecular formula is C24H29FN4O2. The first-order chi connectivity index (χ1) is 14.8. The van der Waals surface area contributed by atoms with Crippen LogP contribution >= 0.6 is 0 Å². The number of piperazine rings is 2. The standard InChI is InChI=1S/C24H29FN4O2/c1-24(2)17-28(23(31)26-14-18-8-4-3-5-9-18)16-19-15-27(12-13-29(19)24)22(30)20-10-6-7-11-21(20)25/h3-11,19H,12-17H2,1-2H3,(H,26,31). The first-order valence-corrected chi connectivity index (χ1v) is 10.7. The molecule has 2 aliphatic rings. The highest BCUT2D eigenvalue weighted by atomic mass is 19.1. The number of rotatable bonds is 3. The molecule has 2 fully saturated rings. The minimum absolute atomic E-state index is 0.00991.